The predicted octanol–water partition coefficient (Wildman–Crippen LogP) is 6.21. The number of aromatic nitrogens is 3. The number of carboxylic acid groups (broad SMARTS) is 1. The minimum Gasteiger partial charge on any atom is -0.506 e. The number of rotatable bonds is 15. The molecule has 0 unspecified atom stereocenters. The third-order valence-corrected chi connectivity index (χ3v) is 12.1. The number of hydrogen-bond donors (Lipinski definition) is 5. The Labute approximate surface area is 309 Å². The first-order valence-electron chi connectivity index (χ1n) is 17.6. The number of phenolic OH excluding ortho intramolecular Hbond substituents is 1. The number of aryl methyl sites for hydroxylation is 1. The Bertz CT molecular complexity index is 2140. The highest BCUT2D eigenvalue weighted by atomic mass is 32.1. The van der Waals surface area contributed by atoms with Gasteiger partial charge in [-0.1, -0.05) is 24.3 Å². The number of hydrogen-bond acceptors (Lipinski definition) is 10. The van der Waals surface area contributed by atoms with E-state index in [1.54, 1.807) is 12.1 Å². The van der Waals surface area contributed by atoms with Crippen LogP contribution in [0.3, 0.4) is 0 Å². The fourth-order valence-electron chi connectivity index (χ4n) is 7.40. The van der Waals surface area contributed by atoms with Gasteiger partial charge in [0.2, 0.25) is 11.2 Å². The smallest absolute Gasteiger partial charge is 0.347 e. The zero-order valence-corrected chi connectivity index (χ0v) is 30.5. The van der Waals surface area contributed by atoms with Crippen LogP contribution in [0, 0.1) is 0 Å². The van der Waals surface area contributed by atoms with Gasteiger partial charge >= 0.3 is 5.97 Å². The number of pyridine rings is 1. The zero-order valence-electron chi connectivity index (χ0n) is 28.9. The number of carboxylic acids is 1. The molecule has 0 saturated heterocycles. The van der Waals surface area contributed by atoms with E-state index in [2.05, 4.69) is 50.2 Å². The van der Waals surface area contributed by atoms with Crippen molar-refractivity contribution in [1.82, 2.24) is 25.0 Å². The Morgan fingerprint density at radius 1 is 1.08 bits per heavy atom. The number of aliphatic hydroxyl groups excluding tert-OH is 1. The SMILES string of the molecule is CN(CCCn1ncc2cc(CNC[C@H](O)c3ccc(O)c4[nH]c(=O)ccc34)ccc21)[C@H]1CC[C@H](OC(C(=O)O)(c2cccs2)c2cccs2)CC1. The van der Waals surface area contributed by atoms with E-state index >= 15 is 0 Å². The number of aliphatic carboxylic acids is 1. The topological polar surface area (TPSA) is 153 Å². The standard InChI is InChI=1S/C39H43N5O6S2/c1-43(27-8-10-28(11-9-27)50-39(38(48)49,34-5-2-19-51-34)35-6-3-20-52-35)17-4-18-44-31-14-7-25(21-26(31)23-41-44)22-40-24-33(46)29-12-15-32(45)37-30(29)13-16-36(47)42-37/h2-3,5-7,12-16,19-21,23,27-28,33,40,45-46H,4,8-11,17-18,22,24H2,1H3,(H,42,47)(H,48,49)/t27-,28-,33-/m0/s1. The molecule has 13 heteroatoms. The minimum atomic E-state index is -1.47. The Kier molecular flexibility index (Phi) is 10.9. The van der Waals surface area contributed by atoms with E-state index in [1.807, 2.05) is 41.2 Å². The lowest BCUT2D eigenvalue weighted by Crippen LogP contribution is -2.44. The average molecular weight is 742 g/mol. The first-order chi connectivity index (χ1) is 25.2. The van der Waals surface area contributed by atoms with Gasteiger partial charge in [-0.2, -0.15) is 5.10 Å². The van der Waals surface area contributed by atoms with E-state index in [0.29, 0.717) is 45.4 Å². The summed E-state index contributed by atoms with van der Waals surface area (Å²) in [6, 6.07) is 20.3. The highest BCUT2D eigenvalue weighted by Crippen LogP contribution is 2.42. The molecule has 4 aromatic heterocycles. The lowest BCUT2D eigenvalue weighted by Gasteiger charge is -2.38. The largest absolute Gasteiger partial charge is 0.506 e. The maximum atomic E-state index is 12.8. The van der Waals surface area contributed by atoms with Crippen molar-refractivity contribution >= 4 is 50.4 Å². The van der Waals surface area contributed by atoms with Gasteiger partial charge in [0.1, 0.15) is 5.75 Å². The van der Waals surface area contributed by atoms with Crippen molar-refractivity contribution in [3.05, 3.63) is 115 Å². The molecule has 6 aromatic rings. The lowest BCUT2D eigenvalue weighted by molar-refractivity contribution is -0.170. The van der Waals surface area contributed by atoms with E-state index < -0.39 is 17.7 Å². The number of aliphatic hydroxyl groups is 1. The summed E-state index contributed by atoms with van der Waals surface area (Å²) in [6.07, 6.45) is 5.43. The average Bonchev–Trinajstić information content (AvgIpc) is 3.95. The third-order valence-electron chi connectivity index (χ3n) is 10.2. The van der Waals surface area contributed by atoms with Crippen molar-refractivity contribution in [3.8, 4) is 5.75 Å². The van der Waals surface area contributed by atoms with Crippen LogP contribution in [0.4, 0.5) is 0 Å². The van der Waals surface area contributed by atoms with Gasteiger partial charge in [0.15, 0.2) is 0 Å². The van der Waals surface area contributed by atoms with Crippen LogP contribution in [0.15, 0.2) is 88.5 Å². The van der Waals surface area contributed by atoms with Crippen molar-refractivity contribution in [2.45, 2.75) is 69.0 Å². The zero-order chi connectivity index (χ0) is 36.2. The van der Waals surface area contributed by atoms with Crippen molar-refractivity contribution in [2.75, 3.05) is 20.1 Å². The number of nitrogens with one attached hydrogen (secondary N) is 2. The molecule has 0 radical (unpaired) electrons. The molecule has 2 aromatic carbocycles. The van der Waals surface area contributed by atoms with E-state index in [-0.39, 0.29) is 17.4 Å². The molecular weight excluding hydrogens is 699 g/mol. The molecule has 0 amide bonds. The van der Waals surface area contributed by atoms with Gasteiger partial charge in [-0.3, -0.25) is 9.48 Å². The Morgan fingerprint density at radius 3 is 2.52 bits per heavy atom. The van der Waals surface area contributed by atoms with Crippen molar-refractivity contribution in [3.63, 3.8) is 0 Å². The Hall–Kier alpha value is -4.37. The number of aromatic amines is 1. The first kappa shape index (κ1) is 36.0. The number of benzene rings is 2. The van der Waals surface area contributed by atoms with Gasteiger partial charge in [-0.05, 0) is 104 Å². The van der Waals surface area contributed by atoms with Crippen molar-refractivity contribution in [1.29, 1.82) is 0 Å². The third kappa shape index (κ3) is 7.43. The number of ether oxygens (including phenoxy) is 1. The maximum Gasteiger partial charge on any atom is 0.347 e. The lowest BCUT2D eigenvalue weighted by atomic mass is 9.90. The summed E-state index contributed by atoms with van der Waals surface area (Å²) in [6.45, 7) is 2.58. The Morgan fingerprint density at radius 2 is 1.83 bits per heavy atom. The number of thiophene rings is 2. The second kappa shape index (κ2) is 15.7. The summed E-state index contributed by atoms with van der Waals surface area (Å²) in [7, 11) is 2.17. The molecule has 1 aliphatic rings. The van der Waals surface area contributed by atoms with Crippen LogP contribution in [-0.4, -0.2) is 73.2 Å². The molecule has 0 spiro atoms. The summed E-state index contributed by atoms with van der Waals surface area (Å²) in [5.74, 6) is -0.999. The fraction of sp³-hybridized carbons (Fsp3) is 0.359. The maximum absolute atomic E-state index is 12.8. The number of phenols is 1. The van der Waals surface area contributed by atoms with Crippen LogP contribution in [0.2, 0.25) is 0 Å². The van der Waals surface area contributed by atoms with E-state index in [0.717, 1.165) is 61.7 Å². The van der Waals surface area contributed by atoms with Gasteiger partial charge in [-0.25, -0.2) is 4.79 Å². The first-order valence-corrected chi connectivity index (χ1v) is 19.4. The second-order valence-electron chi connectivity index (χ2n) is 13.5. The number of carbonyl (C=O) groups is 1. The summed E-state index contributed by atoms with van der Waals surface area (Å²) in [5.41, 5.74) is 1.31. The van der Waals surface area contributed by atoms with Crippen LogP contribution in [0.25, 0.3) is 21.8 Å². The van der Waals surface area contributed by atoms with E-state index in [1.165, 1.54) is 34.8 Å². The quantitative estimate of drug-likeness (QED) is 0.0828. The Balaban J connectivity index is 0.884. The van der Waals surface area contributed by atoms with Crippen LogP contribution in [-0.2, 0) is 28.2 Å². The summed E-state index contributed by atoms with van der Waals surface area (Å²) >= 11 is 2.85. The molecule has 1 atom stereocenters. The molecule has 5 N–H and O–H groups in total. The molecule has 52 heavy (non-hydrogen) atoms. The van der Waals surface area contributed by atoms with E-state index in [4.69, 9.17) is 4.74 Å². The van der Waals surface area contributed by atoms with E-state index in [9.17, 15) is 24.9 Å². The molecular formula is C39H43N5O6S2. The van der Waals surface area contributed by atoms with Crippen molar-refractivity contribution < 1.29 is 24.9 Å². The summed E-state index contributed by atoms with van der Waals surface area (Å²) in [4.78, 5) is 31.0. The molecule has 0 bridgehead atoms. The second-order valence-corrected chi connectivity index (χ2v) is 15.4. The van der Waals surface area contributed by atoms with Gasteiger partial charge < -0.3 is 35.3 Å². The molecule has 0 aliphatic heterocycles. The summed E-state index contributed by atoms with van der Waals surface area (Å²) < 4.78 is 8.62. The molecule has 7 rings (SSSR count). The van der Waals surface area contributed by atoms with Gasteiger partial charge in [-0.15, -0.1) is 22.7 Å². The number of fused-ring (bicyclic) bond motifs is 2. The highest BCUT2D eigenvalue weighted by Gasteiger charge is 2.48. The van der Waals surface area contributed by atoms with Gasteiger partial charge in [0, 0.05) is 42.5 Å². The fourth-order valence-corrected chi connectivity index (χ4v) is 9.21. The number of nitrogens with zero attached hydrogens (tertiary/aromatic N) is 3. The molecule has 272 valence electrons. The number of aromatic hydroxyl groups is 1. The van der Waals surface area contributed by atoms with Gasteiger partial charge in [0.05, 0.1) is 39.2 Å². The van der Waals surface area contributed by atoms with Crippen LogP contribution in [0.5, 0.6) is 5.75 Å². The molecule has 1 fully saturated rings. The normalized spacial score (nSPS) is 17.3. The molecule has 1 aliphatic carbocycles. The highest BCUT2D eigenvalue weighted by molar-refractivity contribution is 7.12. The minimum absolute atomic E-state index is 0.0340. The van der Waals surface area contributed by atoms with Crippen molar-refractivity contribution in [2.24, 2.45) is 0 Å². The summed E-state index contributed by atoms with van der Waals surface area (Å²) in [5, 5.41) is 45.0. The van der Waals surface area contributed by atoms with Crippen LogP contribution in [0.1, 0.15) is 59.1 Å². The van der Waals surface area contributed by atoms with Crippen LogP contribution < -0.4 is 10.9 Å². The molecule has 4 heterocycles. The molecule has 11 nitrogen and oxygen atoms in total. The van der Waals surface area contributed by atoms with Crippen LogP contribution >= 0.6 is 22.7 Å². The monoisotopic (exact) mass is 741 g/mol. The molecule has 1 saturated carbocycles. The predicted molar refractivity (Wildman–Crippen MR) is 204 cm³/mol. The number of H-pyrrole nitrogens is 1. The van der Waals surface area contributed by atoms with Gasteiger partial charge in [0.25, 0.3) is 0 Å².